The summed E-state index contributed by atoms with van der Waals surface area (Å²) in [5, 5.41) is 3.57. The molecular weight excluding hydrogens is 238 g/mol. The number of hydrogen-bond donors (Lipinski definition) is 2. The summed E-state index contributed by atoms with van der Waals surface area (Å²) in [5.41, 5.74) is 5.77. The van der Waals surface area contributed by atoms with Crippen LogP contribution in [0.4, 0.5) is 4.79 Å². The van der Waals surface area contributed by atoms with E-state index in [2.05, 4.69) is 39.9 Å². The first-order chi connectivity index (χ1) is 8.67. The van der Waals surface area contributed by atoms with Gasteiger partial charge in [-0.15, -0.1) is 0 Å². The van der Waals surface area contributed by atoms with Crippen LogP contribution in [0, 0.1) is 17.3 Å². The zero-order valence-corrected chi connectivity index (χ0v) is 13.2. The van der Waals surface area contributed by atoms with Gasteiger partial charge < -0.3 is 16.0 Å². The maximum absolute atomic E-state index is 11.5. The Morgan fingerprint density at radius 2 is 2.00 bits per heavy atom. The minimum absolute atomic E-state index is 0.282. The molecule has 112 valence electrons. The lowest BCUT2D eigenvalue weighted by molar-refractivity contribution is 0.129. The number of likely N-dealkylation sites (tertiary alicyclic amines) is 1. The Hall–Kier alpha value is -0.770. The summed E-state index contributed by atoms with van der Waals surface area (Å²) < 4.78 is 0. The van der Waals surface area contributed by atoms with Gasteiger partial charge >= 0.3 is 6.03 Å². The number of nitrogens with zero attached hydrogens (tertiary/aromatic N) is 1. The van der Waals surface area contributed by atoms with Crippen molar-refractivity contribution in [2.45, 2.75) is 53.5 Å². The van der Waals surface area contributed by atoms with Crippen LogP contribution in [0.2, 0.25) is 0 Å². The van der Waals surface area contributed by atoms with E-state index in [1.165, 1.54) is 0 Å². The first-order valence-electron chi connectivity index (χ1n) is 7.45. The van der Waals surface area contributed by atoms with E-state index in [0.29, 0.717) is 23.3 Å². The molecule has 1 aliphatic heterocycles. The van der Waals surface area contributed by atoms with Crippen LogP contribution < -0.4 is 11.1 Å². The number of nitrogens with one attached hydrogen (secondary N) is 1. The lowest BCUT2D eigenvalue weighted by atomic mass is 9.80. The summed E-state index contributed by atoms with van der Waals surface area (Å²) in [6.45, 7) is 13.7. The van der Waals surface area contributed by atoms with Crippen LogP contribution in [0.3, 0.4) is 0 Å². The summed E-state index contributed by atoms with van der Waals surface area (Å²) in [6.07, 6.45) is 2.28. The molecule has 0 aromatic carbocycles. The maximum Gasteiger partial charge on any atom is 0.314 e. The van der Waals surface area contributed by atoms with Gasteiger partial charge in [-0.3, -0.25) is 0 Å². The zero-order valence-electron chi connectivity index (χ0n) is 13.2. The number of amides is 2. The molecule has 3 N–H and O–H groups in total. The Morgan fingerprint density at radius 3 is 2.47 bits per heavy atom. The molecule has 2 amide bonds. The van der Waals surface area contributed by atoms with E-state index in [1.54, 1.807) is 4.90 Å². The van der Waals surface area contributed by atoms with Crippen LogP contribution in [-0.4, -0.2) is 36.6 Å². The third-order valence-corrected chi connectivity index (χ3v) is 3.56. The highest BCUT2D eigenvalue weighted by molar-refractivity contribution is 5.72. The highest BCUT2D eigenvalue weighted by Crippen LogP contribution is 2.30. The molecule has 1 aliphatic rings. The van der Waals surface area contributed by atoms with Crippen LogP contribution in [0.1, 0.15) is 47.5 Å². The van der Waals surface area contributed by atoms with E-state index in [9.17, 15) is 4.79 Å². The number of primary amides is 1. The standard InChI is InChI=1S/C15H31N3O/c1-11(2)8-17-13-6-12(7-15(3,4)5)9-18(10-13)14(16)19/h11-13,17H,6-10H2,1-5H3,(H2,16,19). The number of urea groups is 1. The van der Waals surface area contributed by atoms with Gasteiger partial charge in [-0.2, -0.15) is 0 Å². The van der Waals surface area contributed by atoms with Gasteiger partial charge in [0.15, 0.2) is 0 Å². The van der Waals surface area contributed by atoms with Gasteiger partial charge in [0.2, 0.25) is 0 Å². The Bertz CT molecular complexity index is 296. The number of piperidine rings is 1. The van der Waals surface area contributed by atoms with Gasteiger partial charge in [-0.25, -0.2) is 4.79 Å². The van der Waals surface area contributed by atoms with Crippen molar-refractivity contribution in [3.63, 3.8) is 0 Å². The number of carbonyl (C=O) groups is 1. The fraction of sp³-hybridized carbons (Fsp3) is 0.933. The molecule has 0 aromatic rings. The summed E-state index contributed by atoms with van der Waals surface area (Å²) >= 11 is 0. The number of rotatable bonds is 4. The molecule has 1 heterocycles. The predicted octanol–water partition coefficient (Wildman–Crippen LogP) is 2.44. The van der Waals surface area contributed by atoms with Crippen molar-refractivity contribution in [1.29, 1.82) is 0 Å². The van der Waals surface area contributed by atoms with Crippen LogP contribution in [0.15, 0.2) is 0 Å². The molecule has 0 saturated carbocycles. The zero-order chi connectivity index (χ0) is 14.6. The third kappa shape index (κ3) is 6.28. The molecule has 1 fully saturated rings. The molecule has 0 spiro atoms. The lowest BCUT2D eigenvalue weighted by Gasteiger charge is -2.39. The van der Waals surface area contributed by atoms with Gasteiger partial charge in [0.25, 0.3) is 0 Å². The minimum Gasteiger partial charge on any atom is -0.351 e. The molecule has 0 bridgehead atoms. The van der Waals surface area contributed by atoms with Crippen molar-refractivity contribution in [3.8, 4) is 0 Å². The van der Waals surface area contributed by atoms with Crippen molar-refractivity contribution in [2.24, 2.45) is 23.0 Å². The minimum atomic E-state index is -0.282. The van der Waals surface area contributed by atoms with E-state index in [0.717, 1.165) is 32.5 Å². The molecule has 0 aromatic heterocycles. The van der Waals surface area contributed by atoms with E-state index in [4.69, 9.17) is 5.73 Å². The van der Waals surface area contributed by atoms with Gasteiger partial charge in [0.05, 0.1) is 0 Å². The van der Waals surface area contributed by atoms with E-state index in [1.807, 2.05) is 0 Å². The van der Waals surface area contributed by atoms with Crippen molar-refractivity contribution in [2.75, 3.05) is 19.6 Å². The molecule has 19 heavy (non-hydrogen) atoms. The number of hydrogen-bond acceptors (Lipinski definition) is 2. The van der Waals surface area contributed by atoms with Gasteiger partial charge in [-0.05, 0) is 36.6 Å². The molecule has 4 nitrogen and oxygen atoms in total. The predicted molar refractivity (Wildman–Crippen MR) is 80.0 cm³/mol. The summed E-state index contributed by atoms with van der Waals surface area (Å²) in [7, 11) is 0. The molecule has 1 rings (SSSR count). The van der Waals surface area contributed by atoms with Crippen molar-refractivity contribution in [1.82, 2.24) is 10.2 Å². The van der Waals surface area contributed by atoms with Crippen molar-refractivity contribution < 1.29 is 4.79 Å². The molecule has 2 unspecified atom stereocenters. The van der Waals surface area contributed by atoms with Crippen molar-refractivity contribution >= 4 is 6.03 Å². The van der Waals surface area contributed by atoms with Crippen LogP contribution >= 0.6 is 0 Å². The summed E-state index contributed by atoms with van der Waals surface area (Å²) in [6, 6.07) is 0.103. The Balaban J connectivity index is 2.60. The average molecular weight is 269 g/mol. The smallest absolute Gasteiger partial charge is 0.314 e. The Labute approximate surface area is 118 Å². The summed E-state index contributed by atoms with van der Waals surface area (Å²) in [4.78, 5) is 13.3. The maximum atomic E-state index is 11.5. The number of carbonyl (C=O) groups excluding carboxylic acids is 1. The first kappa shape index (κ1) is 16.3. The second-order valence-electron chi connectivity index (χ2n) is 7.61. The van der Waals surface area contributed by atoms with Gasteiger partial charge in [-0.1, -0.05) is 34.6 Å². The largest absolute Gasteiger partial charge is 0.351 e. The van der Waals surface area contributed by atoms with Crippen LogP contribution in [0.5, 0.6) is 0 Å². The Morgan fingerprint density at radius 1 is 1.37 bits per heavy atom. The second kappa shape index (κ2) is 6.60. The summed E-state index contributed by atoms with van der Waals surface area (Å²) in [5.74, 6) is 1.18. The fourth-order valence-electron chi connectivity index (χ4n) is 2.95. The van der Waals surface area contributed by atoms with E-state index >= 15 is 0 Å². The van der Waals surface area contributed by atoms with E-state index < -0.39 is 0 Å². The highest BCUT2D eigenvalue weighted by atomic mass is 16.2. The van der Waals surface area contributed by atoms with Crippen molar-refractivity contribution in [3.05, 3.63) is 0 Å². The SMILES string of the molecule is CC(C)CNC1CC(CC(C)(C)C)CN(C(N)=O)C1. The van der Waals surface area contributed by atoms with Gasteiger partial charge in [0, 0.05) is 19.1 Å². The van der Waals surface area contributed by atoms with E-state index in [-0.39, 0.29) is 6.03 Å². The molecule has 4 heteroatoms. The molecule has 0 aliphatic carbocycles. The monoisotopic (exact) mass is 269 g/mol. The molecular formula is C15H31N3O. The quantitative estimate of drug-likeness (QED) is 0.823. The highest BCUT2D eigenvalue weighted by Gasteiger charge is 2.31. The normalized spacial score (nSPS) is 24.8. The average Bonchev–Trinajstić information content (AvgIpc) is 2.23. The molecule has 0 radical (unpaired) electrons. The fourth-order valence-corrected chi connectivity index (χ4v) is 2.95. The molecule has 2 atom stereocenters. The lowest BCUT2D eigenvalue weighted by Crippen LogP contribution is -2.53. The number of nitrogens with two attached hydrogens (primary N) is 1. The Kier molecular flexibility index (Phi) is 5.65. The topological polar surface area (TPSA) is 58.4 Å². The molecule has 1 saturated heterocycles. The van der Waals surface area contributed by atoms with Crippen LogP contribution in [-0.2, 0) is 0 Å². The van der Waals surface area contributed by atoms with Crippen LogP contribution in [0.25, 0.3) is 0 Å². The third-order valence-electron chi connectivity index (χ3n) is 3.56. The first-order valence-corrected chi connectivity index (χ1v) is 7.45. The van der Waals surface area contributed by atoms with Gasteiger partial charge in [0.1, 0.15) is 0 Å². The second-order valence-corrected chi connectivity index (χ2v) is 7.61.